The number of aliphatic hydroxyl groups is 1. The molecule has 0 aliphatic carbocycles. The highest BCUT2D eigenvalue weighted by Crippen LogP contribution is 2.14. The summed E-state index contributed by atoms with van der Waals surface area (Å²) in [5, 5.41) is 9.15. The minimum Gasteiger partial charge on any atom is -0.476 e. The monoisotopic (exact) mass is 237 g/mol. The molecule has 0 aromatic carbocycles. The van der Waals surface area contributed by atoms with Crippen molar-refractivity contribution in [1.29, 1.82) is 0 Å². The van der Waals surface area contributed by atoms with Gasteiger partial charge in [0.05, 0.1) is 12.2 Å². The third-order valence-electron chi connectivity index (χ3n) is 2.96. The fourth-order valence-corrected chi connectivity index (χ4v) is 1.99. The van der Waals surface area contributed by atoms with Gasteiger partial charge in [0.2, 0.25) is 5.88 Å². The van der Waals surface area contributed by atoms with E-state index in [1.54, 1.807) is 6.20 Å². The average molecular weight is 237 g/mol. The maximum absolute atomic E-state index is 9.15. The third-order valence-corrected chi connectivity index (χ3v) is 2.96. The van der Waals surface area contributed by atoms with E-state index in [0.717, 1.165) is 6.54 Å². The van der Waals surface area contributed by atoms with Crippen LogP contribution in [0.3, 0.4) is 0 Å². The zero-order chi connectivity index (χ0) is 12.1. The molecule has 5 nitrogen and oxygen atoms in total. The van der Waals surface area contributed by atoms with E-state index in [2.05, 4.69) is 14.9 Å². The molecule has 2 heterocycles. The normalized spacial score (nSPS) is 16.4. The number of ether oxygens (including phenoxy) is 1. The second kappa shape index (κ2) is 5.93. The molecule has 5 heteroatoms. The molecule has 0 bridgehead atoms. The smallest absolute Gasteiger partial charge is 0.222 e. The molecule has 1 aliphatic rings. The Morgan fingerprint density at radius 3 is 2.88 bits per heavy atom. The highest BCUT2D eigenvalue weighted by atomic mass is 16.5. The first kappa shape index (κ1) is 12.3. The van der Waals surface area contributed by atoms with Crippen LogP contribution in [-0.4, -0.2) is 46.2 Å². The first-order valence-electron chi connectivity index (χ1n) is 6.08. The van der Waals surface area contributed by atoms with Crippen molar-refractivity contribution in [2.75, 3.05) is 26.2 Å². The van der Waals surface area contributed by atoms with Crippen LogP contribution >= 0.6 is 0 Å². The molecule has 0 amide bonds. The highest BCUT2D eigenvalue weighted by molar-refractivity contribution is 5.22. The first-order chi connectivity index (χ1) is 8.29. The van der Waals surface area contributed by atoms with Gasteiger partial charge in [0, 0.05) is 12.7 Å². The van der Waals surface area contributed by atoms with Crippen molar-refractivity contribution < 1.29 is 9.84 Å². The van der Waals surface area contributed by atoms with Crippen molar-refractivity contribution in [2.45, 2.75) is 26.4 Å². The number of hydrogen-bond acceptors (Lipinski definition) is 5. The molecule has 0 spiro atoms. The van der Waals surface area contributed by atoms with Gasteiger partial charge in [0.1, 0.15) is 12.4 Å². The maximum Gasteiger partial charge on any atom is 0.222 e. The van der Waals surface area contributed by atoms with Crippen LogP contribution in [0.15, 0.2) is 6.20 Å². The van der Waals surface area contributed by atoms with E-state index >= 15 is 0 Å². The number of nitrogens with zero attached hydrogens (tertiary/aromatic N) is 3. The number of aryl methyl sites for hydroxylation is 1. The Morgan fingerprint density at radius 2 is 2.18 bits per heavy atom. The van der Waals surface area contributed by atoms with Crippen LogP contribution in [0.1, 0.15) is 24.2 Å². The lowest BCUT2D eigenvalue weighted by molar-refractivity contribution is 0.220. The molecule has 0 saturated carbocycles. The van der Waals surface area contributed by atoms with Gasteiger partial charge in [-0.2, -0.15) is 4.98 Å². The fraction of sp³-hybridized carbons (Fsp3) is 0.667. The average Bonchev–Trinajstić information content (AvgIpc) is 2.82. The van der Waals surface area contributed by atoms with Gasteiger partial charge in [-0.3, -0.25) is 4.90 Å². The predicted octanol–water partition coefficient (Wildman–Crippen LogP) is 0.752. The number of likely N-dealkylation sites (tertiary alicyclic amines) is 1. The zero-order valence-electron chi connectivity index (χ0n) is 10.2. The van der Waals surface area contributed by atoms with E-state index in [0.29, 0.717) is 23.9 Å². The van der Waals surface area contributed by atoms with Gasteiger partial charge < -0.3 is 9.84 Å². The summed E-state index contributed by atoms with van der Waals surface area (Å²) in [7, 11) is 0. The second-order valence-corrected chi connectivity index (χ2v) is 4.30. The van der Waals surface area contributed by atoms with Crippen LogP contribution in [0.25, 0.3) is 0 Å². The van der Waals surface area contributed by atoms with Gasteiger partial charge in [-0.25, -0.2) is 4.98 Å². The largest absolute Gasteiger partial charge is 0.476 e. The summed E-state index contributed by atoms with van der Waals surface area (Å²) in [4.78, 5) is 10.6. The first-order valence-corrected chi connectivity index (χ1v) is 6.08. The molecule has 1 saturated heterocycles. The topological polar surface area (TPSA) is 58.5 Å². The maximum atomic E-state index is 9.15. The molecule has 2 rings (SSSR count). The molecule has 17 heavy (non-hydrogen) atoms. The van der Waals surface area contributed by atoms with E-state index in [4.69, 9.17) is 9.84 Å². The standard InChI is InChI=1S/C12H19N3O2/c1-10-13-8-11(9-16)12(14-10)17-7-6-15-4-2-3-5-15/h8,16H,2-7,9H2,1H3. The van der Waals surface area contributed by atoms with Gasteiger partial charge in [-0.05, 0) is 32.9 Å². The predicted molar refractivity (Wildman–Crippen MR) is 63.9 cm³/mol. The van der Waals surface area contributed by atoms with Gasteiger partial charge >= 0.3 is 0 Å². The Balaban J connectivity index is 1.86. The second-order valence-electron chi connectivity index (χ2n) is 4.30. The summed E-state index contributed by atoms with van der Waals surface area (Å²) >= 11 is 0. The van der Waals surface area contributed by atoms with Crippen LogP contribution < -0.4 is 4.74 Å². The van der Waals surface area contributed by atoms with Gasteiger partial charge in [0.15, 0.2) is 0 Å². The van der Waals surface area contributed by atoms with E-state index in [1.165, 1.54) is 25.9 Å². The van der Waals surface area contributed by atoms with Crippen LogP contribution in [-0.2, 0) is 6.61 Å². The minimum absolute atomic E-state index is 0.0840. The van der Waals surface area contributed by atoms with E-state index < -0.39 is 0 Å². The molecule has 0 unspecified atom stereocenters. The molecular formula is C12H19N3O2. The summed E-state index contributed by atoms with van der Waals surface area (Å²) in [5.74, 6) is 1.18. The van der Waals surface area contributed by atoms with Crippen LogP contribution in [0, 0.1) is 6.92 Å². The highest BCUT2D eigenvalue weighted by Gasteiger charge is 2.12. The van der Waals surface area contributed by atoms with Crippen molar-refractivity contribution in [3.8, 4) is 5.88 Å². The summed E-state index contributed by atoms with van der Waals surface area (Å²) in [6, 6.07) is 0. The van der Waals surface area contributed by atoms with Gasteiger partial charge in [-0.1, -0.05) is 0 Å². The number of hydrogen-bond donors (Lipinski definition) is 1. The Morgan fingerprint density at radius 1 is 1.41 bits per heavy atom. The Labute approximate surface area is 101 Å². The quantitative estimate of drug-likeness (QED) is 0.819. The Kier molecular flexibility index (Phi) is 4.28. The Hall–Kier alpha value is -1.20. The van der Waals surface area contributed by atoms with E-state index in [-0.39, 0.29) is 6.61 Å². The number of rotatable bonds is 5. The zero-order valence-corrected chi connectivity index (χ0v) is 10.2. The van der Waals surface area contributed by atoms with Gasteiger partial charge in [-0.15, -0.1) is 0 Å². The van der Waals surface area contributed by atoms with E-state index in [9.17, 15) is 0 Å². The molecule has 1 aromatic rings. The molecule has 94 valence electrons. The molecule has 0 atom stereocenters. The molecule has 1 fully saturated rings. The van der Waals surface area contributed by atoms with Crippen LogP contribution in [0.4, 0.5) is 0 Å². The lowest BCUT2D eigenvalue weighted by atomic mass is 10.3. The summed E-state index contributed by atoms with van der Waals surface area (Å²) in [6.07, 6.45) is 4.19. The molecule has 0 radical (unpaired) electrons. The van der Waals surface area contributed by atoms with Crippen LogP contribution in [0.5, 0.6) is 5.88 Å². The van der Waals surface area contributed by atoms with Crippen molar-refractivity contribution in [3.05, 3.63) is 17.6 Å². The third kappa shape index (κ3) is 3.38. The van der Waals surface area contributed by atoms with Crippen molar-refractivity contribution in [1.82, 2.24) is 14.9 Å². The van der Waals surface area contributed by atoms with Crippen molar-refractivity contribution >= 4 is 0 Å². The Bertz CT molecular complexity index is 365. The lowest BCUT2D eigenvalue weighted by Crippen LogP contribution is -2.25. The summed E-state index contributed by atoms with van der Waals surface area (Å²) < 4.78 is 5.62. The van der Waals surface area contributed by atoms with E-state index in [1.807, 2.05) is 6.92 Å². The number of aliphatic hydroxyl groups excluding tert-OH is 1. The van der Waals surface area contributed by atoms with Crippen LogP contribution in [0.2, 0.25) is 0 Å². The lowest BCUT2D eigenvalue weighted by Gasteiger charge is -2.15. The molecule has 1 aromatic heterocycles. The minimum atomic E-state index is -0.0840. The molecule has 1 aliphatic heterocycles. The van der Waals surface area contributed by atoms with Gasteiger partial charge in [0.25, 0.3) is 0 Å². The van der Waals surface area contributed by atoms with Crippen molar-refractivity contribution in [3.63, 3.8) is 0 Å². The summed E-state index contributed by atoms with van der Waals surface area (Å²) in [5.41, 5.74) is 0.650. The van der Waals surface area contributed by atoms with Crippen molar-refractivity contribution in [2.24, 2.45) is 0 Å². The molecular weight excluding hydrogens is 218 g/mol. The number of aromatic nitrogens is 2. The molecule has 1 N–H and O–H groups in total. The fourth-order valence-electron chi connectivity index (χ4n) is 1.99. The summed E-state index contributed by atoms with van der Waals surface area (Å²) in [6.45, 7) is 5.60. The SMILES string of the molecule is Cc1ncc(CO)c(OCCN2CCCC2)n1.